The van der Waals surface area contributed by atoms with Crippen molar-refractivity contribution in [1.29, 1.82) is 0 Å². The first-order chi connectivity index (χ1) is 10.9. The fraction of sp³-hybridized carbons (Fsp3) is 0. The second kappa shape index (κ2) is 5.86. The van der Waals surface area contributed by atoms with Gasteiger partial charge in [0.25, 0.3) is 0 Å². The van der Waals surface area contributed by atoms with E-state index in [0.717, 1.165) is 0 Å². The zero-order chi connectivity index (χ0) is 16.4. The summed E-state index contributed by atoms with van der Waals surface area (Å²) in [6.07, 6.45) is 3.08. The third-order valence-corrected chi connectivity index (χ3v) is 4.20. The second-order valence-corrected chi connectivity index (χ2v) is 6.39. The van der Waals surface area contributed by atoms with Crippen LogP contribution in [0, 0.1) is 5.82 Å². The lowest BCUT2D eigenvalue weighted by molar-refractivity contribution is 0.598. The van der Waals surface area contributed by atoms with Crippen LogP contribution in [0.25, 0.3) is 22.5 Å². The van der Waals surface area contributed by atoms with Gasteiger partial charge in [-0.2, -0.15) is 0 Å². The first-order valence-electron chi connectivity index (χ1n) is 6.65. The van der Waals surface area contributed by atoms with Crippen molar-refractivity contribution in [3.8, 4) is 22.5 Å². The minimum atomic E-state index is -3.75. The van der Waals surface area contributed by atoms with Crippen LogP contribution in [0.2, 0.25) is 0 Å². The number of hydrogen-bond donors (Lipinski definition) is 1. The summed E-state index contributed by atoms with van der Waals surface area (Å²) in [7, 11) is -3.75. The van der Waals surface area contributed by atoms with Gasteiger partial charge in [0.2, 0.25) is 10.0 Å². The van der Waals surface area contributed by atoms with Crippen molar-refractivity contribution in [1.82, 2.24) is 9.97 Å². The molecule has 5 nitrogen and oxygen atoms in total. The number of nitrogens with zero attached hydrogens (tertiary/aromatic N) is 2. The Balaban J connectivity index is 2.09. The first-order valence-corrected chi connectivity index (χ1v) is 8.20. The molecule has 0 saturated heterocycles. The van der Waals surface area contributed by atoms with Crippen molar-refractivity contribution in [2.24, 2.45) is 5.14 Å². The lowest BCUT2D eigenvalue weighted by Crippen LogP contribution is -2.11. The fourth-order valence-electron chi connectivity index (χ4n) is 2.17. The van der Waals surface area contributed by atoms with E-state index in [0.29, 0.717) is 22.5 Å². The largest absolute Gasteiger partial charge is 0.252 e. The van der Waals surface area contributed by atoms with Crippen molar-refractivity contribution in [3.05, 3.63) is 66.7 Å². The highest BCUT2D eigenvalue weighted by atomic mass is 32.2. The Morgan fingerprint density at radius 1 is 0.783 bits per heavy atom. The number of rotatable bonds is 3. The molecule has 0 saturated carbocycles. The Bertz CT molecular complexity index is 940. The van der Waals surface area contributed by atoms with E-state index >= 15 is 0 Å². The number of sulfonamides is 1. The molecule has 0 radical (unpaired) electrons. The normalized spacial score (nSPS) is 11.4. The topological polar surface area (TPSA) is 85.9 Å². The maximum atomic E-state index is 13.1. The minimum absolute atomic E-state index is 0.0217. The van der Waals surface area contributed by atoms with Gasteiger partial charge in [-0.1, -0.05) is 12.1 Å². The molecular weight excluding hydrogens is 317 g/mol. The second-order valence-electron chi connectivity index (χ2n) is 4.83. The summed E-state index contributed by atoms with van der Waals surface area (Å²) >= 11 is 0. The van der Waals surface area contributed by atoms with Gasteiger partial charge in [-0.05, 0) is 36.4 Å². The summed E-state index contributed by atoms with van der Waals surface area (Å²) in [5, 5.41) is 5.09. The summed E-state index contributed by atoms with van der Waals surface area (Å²) in [6.45, 7) is 0. The summed E-state index contributed by atoms with van der Waals surface area (Å²) < 4.78 is 35.7. The molecule has 0 fully saturated rings. The molecule has 0 atom stereocenters. The van der Waals surface area contributed by atoms with Gasteiger partial charge in [-0.3, -0.25) is 9.97 Å². The lowest BCUT2D eigenvalue weighted by atomic mass is 10.0. The Labute approximate surface area is 132 Å². The number of primary sulfonamides is 1. The summed E-state index contributed by atoms with van der Waals surface area (Å²) in [5.74, 6) is -0.336. The molecule has 0 aliphatic rings. The van der Waals surface area contributed by atoms with Gasteiger partial charge in [0.1, 0.15) is 5.82 Å². The molecule has 1 heterocycles. The van der Waals surface area contributed by atoms with Crippen LogP contribution >= 0.6 is 0 Å². The van der Waals surface area contributed by atoms with Crippen LogP contribution in [0.5, 0.6) is 0 Å². The Morgan fingerprint density at radius 2 is 1.22 bits per heavy atom. The highest BCUT2D eigenvalue weighted by molar-refractivity contribution is 7.89. The average Bonchev–Trinajstić information content (AvgIpc) is 2.55. The molecule has 0 aliphatic heterocycles. The van der Waals surface area contributed by atoms with E-state index < -0.39 is 10.0 Å². The van der Waals surface area contributed by atoms with Gasteiger partial charge in [-0.15, -0.1) is 0 Å². The van der Waals surface area contributed by atoms with Crippen molar-refractivity contribution >= 4 is 10.0 Å². The number of halogens is 1. The van der Waals surface area contributed by atoms with Crippen molar-refractivity contribution in [3.63, 3.8) is 0 Å². The summed E-state index contributed by atoms with van der Waals surface area (Å²) in [5.41, 5.74) is 2.55. The molecule has 3 aromatic rings. The Hall–Kier alpha value is -2.64. The van der Waals surface area contributed by atoms with E-state index in [-0.39, 0.29) is 10.7 Å². The SMILES string of the molecule is NS(=O)(=O)c1ccc(-c2nccnc2-c2ccc(F)cc2)cc1. The molecule has 3 rings (SSSR count). The molecular formula is C16H12FN3O2S. The maximum absolute atomic E-state index is 13.1. The average molecular weight is 329 g/mol. The van der Waals surface area contributed by atoms with Crippen LogP contribution in [0.15, 0.2) is 65.8 Å². The maximum Gasteiger partial charge on any atom is 0.238 e. The van der Waals surface area contributed by atoms with Crippen molar-refractivity contribution in [2.75, 3.05) is 0 Å². The molecule has 23 heavy (non-hydrogen) atoms. The van der Waals surface area contributed by atoms with E-state index in [1.165, 1.54) is 30.5 Å². The molecule has 0 unspecified atom stereocenters. The standard InChI is InChI=1S/C16H12FN3O2S/c17-13-5-1-11(2-6-13)15-16(20-10-9-19-15)12-3-7-14(8-4-12)23(18,21)22/h1-10H,(H2,18,21,22). The van der Waals surface area contributed by atoms with Crippen LogP contribution in [0.1, 0.15) is 0 Å². The molecule has 2 aromatic carbocycles. The molecule has 0 bridgehead atoms. The monoisotopic (exact) mass is 329 g/mol. The van der Waals surface area contributed by atoms with E-state index in [2.05, 4.69) is 9.97 Å². The quantitative estimate of drug-likeness (QED) is 0.800. The smallest absolute Gasteiger partial charge is 0.238 e. The van der Waals surface area contributed by atoms with Gasteiger partial charge < -0.3 is 0 Å². The number of aromatic nitrogens is 2. The minimum Gasteiger partial charge on any atom is -0.252 e. The van der Waals surface area contributed by atoms with Crippen LogP contribution in [0.4, 0.5) is 4.39 Å². The van der Waals surface area contributed by atoms with Crippen LogP contribution in [-0.2, 0) is 10.0 Å². The number of hydrogen-bond acceptors (Lipinski definition) is 4. The Morgan fingerprint density at radius 3 is 1.65 bits per heavy atom. The lowest BCUT2D eigenvalue weighted by Gasteiger charge is -2.08. The Kier molecular flexibility index (Phi) is 3.89. The van der Waals surface area contributed by atoms with E-state index in [1.807, 2.05) is 0 Å². The van der Waals surface area contributed by atoms with Gasteiger partial charge in [-0.25, -0.2) is 17.9 Å². The molecule has 2 N–H and O–H groups in total. The van der Waals surface area contributed by atoms with Crippen molar-refractivity contribution < 1.29 is 12.8 Å². The highest BCUT2D eigenvalue weighted by Crippen LogP contribution is 2.28. The third kappa shape index (κ3) is 3.25. The highest BCUT2D eigenvalue weighted by Gasteiger charge is 2.12. The number of nitrogens with two attached hydrogens (primary N) is 1. The molecule has 7 heteroatoms. The van der Waals surface area contributed by atoms with E-state index in [4.69, 9.17) is 5.14 Å². The summed E-state index contributed by atoms with van der Waals surface area (Å²) in [4.78, 5) is 8.62. The van der Waals surface area contributed by atoms with E-state index in [1.54, 1.807) is 30.5 Å². The molecule has 0 amide bonds. The van der Waals surface area contributed by atoms with Crippen LogP contribution in [0.3, 0.4) is 0 Å². The zero-order valence-corrected chi connectivity index (χ0v) is 12.7. The summed E-state index contributed by atoms with van der Waals surface area (Å²) in [6, 6.07) is 12.0. The van der Waals surface area contributed by atoms with Crippen molar-refractivity contribution in [2.45, 2.75) is 4.90 Å². The molecule has 0 aliphatic carbocycles. The number of benzene rings is 2. The van der Waals surface area contributed by atoms with Gasteiger partial charge in [0, 0.05) is 23.5 Å². The van der Waals surface area contributed by atoms with Gasteiger partial charge in [0.15, 0.2) is 0 Å². The van der Waals surface area contributed by atoms with Gasteiger partial charge in [0.05, 0.1) is 16.3 Å². The predicted molar refractivity (Wildman–Crippen MR) is 84.2 cm³/mol. The third-order valence-electron chi connectivity index (χ3n) is 3.27. The molecule has 1 aromatic heterocycles. The first kappa shape index (κ1) is 15.3. The molecule has 0 spiro atoms. The fourth-order valence-corrected chi connectivity index (χ4v) is 2.69. The van der Waals surface area contributed by atoms with Crippen LogP contribution in [-0.4, -0.2) is 18.4 Å². The van der Waals surface area contributed by atoms with Crippen LogP contribution < -0.4 is 5.14 Å². The van der Waals surface area contributed by atoms with Gasteiger partial charge >= 0.3 is 0 Å². The molecule has 116 valence electrons. The van der Waals surface area contributed by atoms with E-state index in [9.17, 15) is 12.8 Å². The predicted octanol–water partition coefficient (Wildman–Crippen LogP) is 2.60. The zero-order valence-electron chi connectivity index (χ0n) is 11.8.